The van der Waals surface area contributed by atoms with E-state index in [-0.39, 0.29) is 29.5 Å². The van der Waals surface area contributed by atoms with E-state index in [0.717, 1.165) is 18.8 Å². The zero-order chi connectivity index (χ0) is 17.3. The summed E-state index contributed by atoms with van der Waals surface area (Å²) in [7, 11) is 0. The Kier molecular flexibility index (Phi) is 3.76. The van der Waals surface area contributed by atoms with Crippen LogP contribution in [0.2, 0.25) is 0 Å². The quantitative estimate of drug-likeness (QED) is 0.715. The van der Waals surface area contributed by atoms with Gasteiger partial charge in [0.2, 0.25) is 0 Å². The molecule has 0 radical (unpaired) electrons. The van der Waals surface area contributed by atoms with Crippen LogP contribution in [0.15, 0.2) is 0 Å². The van der Waals surface area contributed by atoms with Crippen molar-refractivity contribution in [2.24, 2.45) is 40.4 Å². The number of carbonyl (C=O) groups excluding carboxylic acids is 1. The van der Waals surface area contributed by atoms with Crippen LogP contribution < -0.4 is 0 Å². The third-order valence-electron chi connectivity index (χ3n) is 9.09. The molecule has 4 rings (SSSR count). The Hall–Kier alpha value is -0.410. The molecule has 0 spiro atoms. The van der Waals surface area contributed by atoms with Crippen LogP contribution in [0.4, 0.5) is 0 Å². The summed E-state index contributed by atoms with van der Waals surface area (Å²) in [5.41, 5.74) is 0.154. The molecule has 3 heteroatoms. The van der Waals surface area contributed by atoms with Gasteiger partial charge in [0.15, 0.2) is 5.79 Å². The minimum absolute atomic E-state index is 0.127. The Labute approximate surface area is 146 Å². The van der Waals surface area contributed by atoms with Crippen LogP contribution in [0.1, 0.15) is 78.6 Å². The van der Waals surface area contributed by atoms with E-state index in [4.69, 9.17) is 0 Å². The lowest BCUT2D eigenvalue weighted by Gasteiger charge is -2.61. The highest BCUT2D eigenvalue weighted by atomic mass is 16.5. The van der Waals surface area contributed by atoms with Crippen LogP contribution in [-0.2, 0) is 4.79 Å². The fraction of sp³-hybridized carbons (Fsp3) is 0.952. The first kappa shape index (κ1) is 17.0. The van der Waals surface area contributed by atoms with Gasteiger partial charge in [-0.15, -0.1) is 0 Å². The SMILES string of the molecule is CC(=O)[C@H]1CC(O)(O)[C@H]2[C@@H]3CCC4CCCC[C@]4(C)[C@H]3CC[C@]12C. The molecule has 4 fully saturated rings. The standard InChI is InChI=1S/C21H34O3/c1-13(22)17-12-21(23,24)18-15-8-7-14-6-4-5-10-19(14,2)16(15)9-11-20(17,18)3/h14-18,23-24H,4-12H2,1-3H3/t14?,15-,16+,17-,18+,19+,20-/m1/s1. The van der Waals surface area contributed by atoms with Crippen LogP contribution in [0.25, 0.3) is 0 Å². The number of hydrogen-bond acceptors (Lipinski definition) is 3. The molecule has 2 N–H and O–H groups in total. The number of ketones is 1. The van der Waals surface area contributed by atoms with E-state index in [1.807, 2.05) is 0 Å². The first-order valence-electron chi connectivity index (χ1n) is 10.2. The van der Waals surface area contributed by atoms with Crippen molar-refractivity contribution in [3.8, 4) is 0 Å². The fourth-order valence-corrected chi connectivity index (χ4v) is 8.06. The number of aliphatic hydroxyl groups is 2. The molecule has 0 aromatic heterocycles. The minimum Gasteiger partial charge on any atom is -0.365 e. The second kappa shape index (κ2) is 5.30. The summed E-state index contributed by atoms with van der Waals surface area (Å²) in [6.45, 7) is 6.30. The van der Waals surface area contributed by atoms with Crippen LogP contribution in [0.5, 0.6) is 0 Å². The van der Waals surface area contributed by atoms with Gasteiger partial charge >= 0.3 is 0 Å². The van der Waals surface area contributed by atoms with Crippen molar-refractivity contribution >= 4 is 5.78 Å². The molecule has 0 aromatic rings. The zero-order valence-electron chi connectivity index (χ0n) is 15.6. The number of fused-ring (bicyclic) bond motifs is 5. The molecule has 4 aliphatic rings. The predicted molar refractivity (Wildman–Crippen MR) is 93.1 cm³/mol. The summed E-state index contributed by atoms with van der Waals surface area (Å²) in [6, 6.07) is 0. The number of carbonyl (C=O) groups is 1. The maximum Gasteiger partial charge on any atom is 0.166 e. The normalized spacial score (nSPS) is 53.0. The summed E-state index contributed by atoms with van der Waals surface area (Å²) in [4.78, 5) is 12.2. The lowest BCUT2D eigenvalue weighted by Crippen LogP contribution is -2.56. The molecule has 7 atom stereocenters. The number of hydrogen-bond donors (Lipinski definition) is 2. The van der Waals surface area contributed by atoms with E-state index in [0.29, 0.717) is 17.3 Å². The smallest absolute Gasteiger partial charge is 0.166 e. The van der Waals surface area contributed by atoms with Gasteiger partial charge in [-0.2, -0.15) is 0 Å². The van der Waals surface area contributed by atoms with Gasteiger partial charge in [0.05, 0.1) is 0 Å². The summed E-state index contributed by atoms with van der Waals surface area (Å²) >= 11 is 0. The predicted octanol–water partition coefficient (Wildman–Crippen LogP) is 3.92. The van der Waals surface area contributed by atoms with Gasteiger partial charge in [-0.05, 0) is 74.0 Å². The van der Waals surface area contributed by atoms with E-state index in [9.17, 15) is 15.0 Å². The molecule has 1 unspecified atom stereocenters. The molecule has 4 aliphatic carbocycles. The van der Waals surface area contributed by atoms with Gasteiger partial charge in [0.1, 0.15) is 5.78 Å². The second-order valence-electron chi connectivity index (χ2n) is 10.1. The van der Waals surface area contributed by atoms with Gasteiger partial charge in [0, 0.05) is 18.3 Å². The molecule has 0 amide bonds. The number of rotatable bonds is 1. The first-order valence-corrected chi connectivity index (χ1v) is 10.2. The molecular formula is C21H34O3. The Balaban J connectivity index is 1.71. The van der Waals surface area contributed by atoms with Gasteiger partial charge in [-0.3, -0.25) is 4.79 Å². The first-order chi connectivity index (χ1) is 11.2. The van der Waals surface area contributed by atoms with Crippen molar-refractivity contribution in [3.63, 3.8) is 0 Å². The topological polar surface area (TPSA) is 57.5 Å². The van der Waals surface area contributed by atoms with E-state index < -0.39 is 5.79 Å². The van der Waals surface area contributed by atoms with Crippen molar-refractivity contribution < 1.29 is 15.0 Å². The van der Waals surface area contributed by atoms with Crippen LogP contribution in [-0.4, -0.2) is 21.8 Å². The van der Waals surface area contributed by atoms with Crippen molar-refractivity contribution in [3.05, 3.63) is 0 Å². The van der Waals surface area contributed by atoms with Crippen LogP contribution in [0, 0.1) is 40.4 Å². The molecule has 24 heavy (non-hydrogen) atoms. The molecule has 0 heterocycles. The van der Waals surface area contributed by atoms with Gasteiger partial charge in [-0.25, -0.2) is 0 Å². The molecule has 4 saturated carbocycles. The van der Waals surface area contributed by atoms with Crippen molar-refractivity contribution in [2.45, 2.75) is 84.3 Å². The lowest BCUT2D eigenvalue weighted by molar-refractivity contribution is -0.240. The Morgan fingerprint density at radius 2 is 1.71 bits per heavy atom. The average molecular weight is 335 g/mol. The van der Waals surface area contributed by atoms with E-state index in [1.165, 1.54) is 38.5 Å². The summed E-state index contributed by atoms with van der Waals surface area (Å²) in [5, 5.41) is 21.8. The monoisotopic (exact) mass is 334 g/mol. The van der Waals surface area contributed by atoms with Crippen LogP contribution >= 0.6 is 0 Å². The molecule has 0 aromatic carbocycles. The van der Waals surface area contributed by atoms with Crippen molar-refractivity contribution in [2.75, 3.05) is 0 Å². The third-order valence-corrected chi connectivity index (χ3v) is 9.09. The largest absolute Gasteiger partial charge is 0.365 e. The van der Waals surface area contributed by atoms with Crippen molar-refractivity contribution in [1.29, 1.82) is 0 Å². The van der Waals surface area contributed by atoms with Gasteiger partial charge in [0.25, 0.3) is 0 Å². The highest BCUT2D eigenvalue weighted by molar-refractivity contribution is 5.80. The number of Topliss-reactive ketones (excluding diaryl/α,β-unsaturated/α-hetero) is 1. The molecule has 0 saturated heterocycles. The van der Waals surface area contributed by atoms with E-state index in [2.05, 4.69) is 13.8 Å². The van der Waals surface area contributed by atoms with Crippen molar-refractivity contribution in [1.82, 2.24) is 0 Å². The summed E-state index contributed by atoms with van der Waals surface area (Å²) in [6.07, 6.45) is 10.1. The lowest BCUT2D eigenvalue weighted by atomic mass is 9.44. The zero-order valence-corrected chi connectivity index (χ0v) is 15.6. The van der Waals surface area contributed by atoms with E-state index >= 15 is 0 Å². The third kappa shape index (κ3) is 2.13. The maximum atomic E-state index is 12.2. The van der Waals surface area contributed by atoms with E-state index in [1.54, 1.807) is 6.92 Å². The fourth-order valence-electron chi connectivity index (χ4n) is 8.06. The highest BCUT2D eigenvalue weighted by Gasteiger charge is 2.67. The molecule has 3 nitrogen and oxygen atoms in total. The minimum atomic E-state index is -1.66. The summed E-state index contributed by atoms with van der Waals surface area (Å²) < 4.78 is 0. The molecular weight excluding hydrogens is 300 g/mol. The van der Waals surface area contributed by atoms with Crippen LogP contribution in [0.3, 0.4) is 0 Å². The summed E-state index contributed by atoms with van der Waals surface area (Å²) in [5.74, 6) is -0.0157. The Morgan fingerprint density at radius 1 is 0.958 bits per heavy atom. The highest BCUT2D eigenvalue weighted by Crippen LogP contribution is 2.69. The van der Waals surface area contributed by atoms with Gasteiger partial charge < -0.3 is 10.2 Å². The molecule has 0 aliphatic heterocycles. The average Bonchev–Trinajstić information content (AvgIpc) is 2.73. The second-order valence-corrected chi connectivity index (χ2v) is 10.1. The maximum absolute atomic E-state index is 12.2. The molecule has 136 valence electrons. The van der Waals surface area contributed by atoms with Gasteiger partial charge in [-0.1, -0.05) is 26.7 Å². The Bertz CT molecular complexity index is 541. The molecule has 0 bridgehead atoms. The Morgan fingerprint density at radius 3 is 2.42 bits per heavy atom.